The summed E-state index contributed by atoms with van der Waals surface area (Å²) in [5, 5.41) is 11.3. The number of aromatic nitrogens is 3. The number of rotatable bonds is 6. The summed E-state index contributed by atoms with van der Waals surface area (Å²) in [6.45, 7) is 14.3. The molecule has 0 unspecified atom stereocenters. The van der Waals surface area contributed by atoms with Gasteiger partial charge in [-0.15, -0.1) is 0 Å². The first kappa shape index (κ1) is 22.3. The fourth-order valence-electron chi connectivity index (χ4n) is 3.64. The van der Waals surface area contributed by atoms with Gasteiger partial charge in [-0.05, 0) is 61.9 Å². The van der Waals surface area contributed by atoms with Gasteiger partial charge in [0.1, 0.15) is 11.8 Å². The first-order valence-corrected chi connectivity index (χ1v) is 11.3. The summed E-state index contributed by atoms with van der Waals surface area (Å²) < 4.78 is 1.84. The monoisotopic (exact) mass is 437 g/mol. The Kier molecular flexibility index (Phi) is 6.59. The van der Waals surface area contributed by atoms with Crippen LogP contribution in [0.25, 0.3) is 17.3 Å². The minimum atomic E-state index is 0.586. The van der Waals surface area contributed by atoms with Crippen LogP contribution >= 0.6 is 0 Å². The Morgan fingerprint density at radius 1 is 1.09 bits per heavy atom. The molecule has 168 valence electrons. The van der Waals surface area contributed by atoms with E-state index >= 15 is 0 Å². The summed E-state index contributed by atoms with van der Waals surface area (Å²) in [5.74, 6) is 0.784. The number of fused-ring (bicyclic) bond motifs is 1. The van der Waals surface area contributed by atoms with Crippen molar-refractivity contribution in [1.82, 2.24) is 19.9 Å². The van der Waals surface area contributed by atoms with Crippen LogP contribution in [0.2, 0.25) is 0 Å². The van der Waals surface area contributed by atoms with Crippen molar-refractivity contribution in [2.75, 3.05) is 5.32 Å². The van der Waals surface area contributed by atoms with Crippen molar-refractivity contribution in [1.29, 1.82) is 0 Å². The summed E-state index contributed by atoms with van der Waals surface area (Å²) >= 11 is 0. The number of anilines is 2. The van der Waals surface area contributed by atoms with Crippen LogP contribution < -0.4 is 10.6 Å². The second-order valence-corrected chi connectivity index (χ2v) is 8.52. The summed E-state index contributed by atoms with van der Waals surface area (Å²) in [6, 6.07) is 17.2. The molecule has 33 heavy (non-hydrogen) atoms. The molecular weight excluding hydrogens is 406 g/mol. The molecule has 2 heterocycles. The molecule has 4 aromatic rings. The SMILES string of the molecule is C=Cc1cn2ncnc(Nc3cc(C(=C)NC4CC4)ccc3C)c2c1C.Cc1ccccc1. The van der Waals surface area contributed by atoms with Gasteiger partial charge >= 0.3 is 0 Å². The van der Waals surface area contributed by atoms with Crippen molar-refractivity contribution in [3.8, 4) is 0 Å². The lowest BCUT2D eigenvalue weighted by molar-refractivity contribution is 0.885. The van der Waals surface area contributed by atoms with Crippen molar-refractivity contribution in [3.63, 3.8) is 0 Å². The standard InChI is InChI=1S/C21H23N5.C7H8/c1-5-16-11-26-20(14(16)3)21(22-12-23-26)25-19-10-17(7-6-13(19)2)15(4)24-18-8-9-18;1-7-5-3-2-4-6-7/h5-7,10-12,18,24H,1,4,8-9H2,2-3H3,(H,22,23,25);2-6H,1H3. The van der Waals surface area contributed by atoms with Crippen LogP contribution in [0.15, 0.2) is 74.2 Å². The number of hydrogen-bond donors (Lipinski definition) is 2. The highest BCUT2D eigenvalue weighted by Crippen LogP contribution is 2.29. The van der Waals surface area contributed by atoms with Gasteiger partial charge in [0.15, 0.2) is 5.82 Å². The summed E-state index contributed by atoms with van der Waals surface area (Å²) in [6.07, 6.45) is 7.83. The summed E-state index contributed by atoms with van der Waals surface area (Å²) in [4.78, 5) is 4.47. The predicted molar refractivity (Wildman–Crippen MR) is 139 cm³/mol. The summed E-state index contributed by atoms with van der Waals surface area (Å²) in [5.41, 5.74) is 8.67. The van der Waals surface area contributed by atoms with Crippen LogP contribution in [0.5, 0.6) is 0 Å². The fourth-order valence-corrected chi connectivity index (χ4v) is 3.64. The normalized spacial score (nSPS) is 12.6. The van der Waals surface area contributed by atoms with Crippen LogP contribution in [0.1, 0.15) is 40.7 Å². The maximum absolute atomic E-state index is 4.47. The molecule has 1 fully saturated rings. The fraction of sp³-hybridized carbons (Fsp3) is 0.214. The zero-order valence-corrected chi connectivity index (χ0v) is 19.6. The highest BCUT2D eigenvalue weighted by atomic mass is 15.3. The molecule has 0 atom stereocenters. The predicted octanol–water partition coefficient (Wildman–Crippen LogP) is 6.45. The largest absolute Gasteiger partial charge is 0.382 e. The van der Waals surface area contributed by atoms with Gasteiger partial charge in [-0.1, -0.05) is 67.3 Å². The zero-order chi connectivity index (χ0) is 23.4. The molecule has 0 radical (unpaired) electrons. The van der Waals surface area contributed by atoms with E-state index in [1.165, 1.54) is 18.4 Å². The highest BCUT2D eigenvalue weighted by Gasteiger charge is 2.21. The Balaban J connectivity index is 0.000000318. The lowest BCUT2D eigenvalue weighted by Crippen LogP contribution is -2.13. The van der Waals surface area contributed by atoms with Crippen molar-refractivity contribution in [2.24, 2.45) is 0 Å². The molecule has 0 bridgehead atoms. The lowest BCUT2D eigenvalue weighted by Gasteiger charge is -2.14. The first-order chi connectivity index (χ1) is 16.0. The van der Waals surface area contributed by atoms with E-state index in [0.29, 0.717) is 6.04 Å². The van der Waals surface area contributed by atoms with Crippen LogP contribution in [-0.2, 0) is 0 Å². The molecule has 0 spiro atoms. The van der Waals surface area contributed by atoms with Crippen LogP contribution in [0.4, 0.5) is 11.5 Å². The molecule has 2 aromatic heterocycles. The van der Waals surface area contributed by atoms with E-state index in [1.807, 2.05) is 35.0 Å². The van der Waals surface area contributed by atoms with Gasteiger partial charge in [0.25, 0.3) is 0 Å². The van der Waals surface area contributed by atoms with Crippen LogP contribution in [0.3, 0.4) is 0 Å². The molecule has 5 heteroatoms. The Morgan fingerprint density at radius 2 is 1.85 bits per heavy atom. The van der Waals surface area contributed by atoms with E-state index in [1.54, 1.807) is 6.33 Å². The van der Waals surface area contributed by atoms with Gasteiger partial charge in [0.2, 0.25) is 0 Å². The molecule has 1 saturated carbocycles. The Labute approximate surface area is 195 Å². The van der Waals surface area contributed by atoms with Gasteiger partial charge in [0.05, 0.1) is 0 Å². The number of hydrogen-bond acceptors (Lipinski definition) is 4. The molecule has 2 N–H and O–H groups in total. The topological polar surface area (TPSA) is 54.2 Å². The first-order valence-electron chi connectivity index (χ1n) is 11.3. The molecule has 5 rings (SSSR count). The summed E-state index contributed by atoms with van der Waals surface area (Å²) in [7, 11) is 0. The molecule has 1 aliphatic rings. The minimum Gasteiger partial charge on any atom is -0.382 e. The Hall–Kier alpha value is -3.86. The van der Waals surface area contributed by atoms with Gasteiger partial charge in [-0.3, -0.25) is 0 Å². The van der Waals surface area contributed by atoms with Crippen LogP contribution in [-0.4, -0.2) is 20.6 Å². The molecule has 5 nitrogen and oxygen atoms in total. The number of benzene rings is 2. The third-order valence-corrected chi connectivity index (χ3v) is 5.82. The average Bonchev–Trinajstić information content (AvgIpc) is 3.57. The maximum atomic E-state index is 4.47. The maximum Gasteiger partial charge on any atom is 0.158 e. The lowest BCUT2D eigenvalue weighted by atomic mass is 10.1. The highest BCUT2D eigenvalue weighted by molar-refractivity contribution is 5.81. The van der Waals surface area contributed by atoms with E-state index in [4.69, 9.17) is 0 Å². The van der Waals surface area contributed by atoms with Gasteiger partial charge in [-0.2, -0.15) is 5.10 Å². The number of nitrogens with one attached hydrogen (secondary N) is 2. The Morgan fingerprint density at radius 3 is 2.48 bits per heavy atom. The van der Waals surface area contributed by atoms with E-state index in [-0.39, 0.29) is 0 Å². The van der Waals surface area contributed by atoms with Gasteiger partial charge < -0.3 is 10.6 Å². The van der Waals surface area contributed by atoms with Gasteiger partial charge in [0, 0.05) is 23.6 Å². The van der Waals surface area contributed by atoms with Crippen molar-refractivity contribution in [2.45, 2.75) is 39.7 Å². The third kappa shape index (κ3) is 5.32. The van der Waals surface area contributed by atoms with E-state index in [2.05, 4.69) is 85.0 Å². The zero-order valence-electron chi connectivity index (χ0n) is 19.6. The number of aryl methyl sites for hydroxylation is 3. The second-order valence-electron chi connectivity index (χ2n) is 8.52. The molecular formula is C28H31N5. The van der Waals surface area contributed by atoms with E-state index < -0.39 is 0 Å². The average molecular weight is 438 g/mol. The molecule has 0 aliphatic heterocycles. The van der Waals surface area contributed by atoms with E-state index in [0.717, 1.165) is 45.0 Å². The molecule has 0 saturated heterocycles. The molecule has 1 aliphatic carbocycles. The second kappa shape index (κ2) is 9.74. The van der Waals surface area contributed by atoms with Crippen LogP contribution in [0, 0.1) is 20.8 Å². The van der Waals surface area contributed by atoms with Gasteiger partial charge in [-0.25, -0.2) is 9.50 Å². The Bertz CT molecular complexity index is 1280. The number of nitrogens with zero attached hydrogens (tertiary/aromatic N) is 3. The molecule has 0 amide bonds. The van der Waals surface area contributed by atoms with Crippen molar-refractivity contribution >= 4 is 28.8 Å². The van der Waals surface area contributed by atoms with Crippen molar-refractivity contribution in [3.05, 3.63) is 102 Å². The smallest absolute Gasteiger partial charge is 0.158 e. The van der Waals surface area contributed by atoms with Crippen molar-refractivity contribution < 1.29 is 0 Å². The molecule has 2 aromatic carbocycles. The van der Waals surface area contributed by atoms with E-state index in [9.17, 15) is 0 Å². The minimum absolute atomic E-state index is 0.586. The third-order valence-electron chi connectivity index (χ3n) is 5.82. The quantitative estimate of drug-likeness (QED) is 0.364.